The van der Waals surface area contributed by atoms with Crippen LogP contribution in [-0.2, 0) is 10.0 Å². The number of nitrogens with one attached hydrogen (secondary N) is 4. The Balaban J connectivity index is 1.78. The van der Waals surface area contributed by atoms with Gasteiger partial charge >= 0.3 is 0 Å². The van der Waals surface area contributed by atoms with Gasteiger partial charge < -0.3 is 10.6 Å². The lowest BCUT2D eigenvalue weighted by molar-refractivity contribution is 0.472. The molecule has 0 fully saturated rings. The predicted molar refractivity (Wildman–Crippen MR) is 123 cm³/mol. The van der Waals surface area contributed by atoms with Crippen molar-refractivity contribution in [2.75, 3.05) is 24.2 Å². The van der Waals surface area contributed by atoms with Gasteiger partial charge in [0, 0.05) is 24.0 Å². The Morgan fingerprint density at radius 1 is 0.871 bits per heavy atom. The van der Waals surface area contributed by atoms with Gasteiger partial charge in [0.05, 0.1) is 9.79 Å². The fraction of sp³-hybridized carbons (Fsp3) is 0.158. The molecule has 0 bridgehead atoms. The average molecular weight is 465 g/mol. The molecule has 31 heavy (non-hydrogen) atoms. The van der Waals surface area contributed by atoms with Crippen molar-refractivity contribution in [1.82, 2.24) is 19.4 Å². The lowest BCUT2D eigenvalue weighted by Crippen LogP contribution is -2.19. The average Bonchev–Trinajstić information content (AvgIpc) is 2.74. The van der Waals surface area contributed by atoms with Crippen LogP contribution >= 0.6 is 10.8 Å². The van der Waals surface area contributed by atoms with Gasteiger partial charge in [-0.1, -0.05) is 19.1 Å². The highest BCUT2D eigenvalue weighted by Gasteiger charge is 2.15. The molecule has 0 aliphatic rings. The van der Waals surface area contributed by atoms with Gasteiger partial charge in [0.15, 0.2) is 0 Å². The van der Waals surface area contributed by atoms with E-state index < -0.39 is 20.8 Å². The number of aromatic nitrogens is 2. The van der Waals surface area contributed by atoms with Crippen LogP contribution < -0.4 is 20.1 Å². The number of sulfonamides is 1. The summed E-state index contributed by atoms with van der Waals surface area (Å²) in [4.78, 5) is 8.81. The van der Waals surface area contributed by atoms with Gasteiger partial charge in [-0.15, -0.1) is 10.8 Å². The standard InChI is InChI=1S/C19H24N6O4S2/c1-3-23-31(28,29)17-9-5-7-15(11-17)25-19-12-18(21-13-22-19)24-14-6-4-8-16(10-14)30(26,27)20-2/h4-13,20,23,28-29H,3H2,1-2H3,(H2,21,22,24,25). The van der Waals surface area contributed by atoms with E-state index in [0.717, 1.165) is 0 Å². The van der Waals surface area contributed by atoms with E-state index in [0.29, 0.717) is 34.5 Å². The monoisotopic (exact) mass is 464 g/mol. The zero-order chi connectivity index (χ0) is 22.5. The molecule has 0 aliphatic carbocycles. The molecule has 0 radical (unpaired) electrons. The maximum atomic E-state index is 12.0. The summed E-state index contributed by atoms with van der Waals surface area (Å²) in [6, 6.07) is 14.7. The molecule has 3 aromatic rings. The molecular weight excluding hydrogens is 440 g/mol. The molecule has 0 saturated heterocycles. The number of rotatable bonds is 9. The van der Waals surface area contributed by atoms with E-state index in [9.17, 15) is 17.5 Å². The highest BCUT2D eigenvalue weighted by atomic mass is 32.3. The largest absolute Gasteiger partial charge is 0.340 e. The van der Waals surface area contributed by atoms with Crippen LogP contribution in [0.3, 0.4) is 0 Å². The lowest BCUT2D eigenvalue weighted by Gasteiger charge is -2.32. The second-order valence-corrected chi connectivity index (χ2v) is 10.1. The van der Waals surface area contributed by atoms with Gasteiger partial charge in [0.1, 0.15) is 18.0 Å². The Morgan fingerprint density at radius 2 is 1.42 bits per heavy atom. The summed E-state index contributed by atoms with van der Waals surface area (Å²) in [5, 5.41) is 6.15. The molecule has 10 nitrogen and oxygen atoms in total. The topological polar surface area (TPSA) is 148 Å². The van der Waals surface area contributed by atoms with E-state index in [1.807, 2.05) is 0 Å². The number of anilines is 4. The molecule has 0 unspecified atom stereocenters. The first-order chi connectivity index (χ1) is 14.7. The third kappa shape index (κ3) is 5.91. The minimum Gasteiger partial charge on any atom is -0.340 e. The predicted octanol–water partition coefficient (Wildman–Crippen LogP) is 3.51. The maximum Gasteiger partial charge on any atom is 0.240 e. The second kappa shape index (κ2) is 9.60. The van der Waals surface area contributed by atoms with Crippen LogP contribution in [0.1, 0.15) is 6.92 Å². The summed E-state index contributed by atoms with van der Waals surface area (Å²) in [6.07, 6.45) is 1.36. The van der Waals surface area contributed by atoms with Crippen molar-refractivity contribution in [3.05, 3.63) is 60.9 Å². The van der Waals surface area contributed by atoms with Crippen LogP contribution in [-0.4, -0.2) is 41.1 Å². The van der Waals surface area contributed by atoms with Crippen LogP contribution in [0.15, 0.2) is 70.7 Å². The van der Waals surface area contributed by atoms with E-state index in [1.54, 1.807) is 49.4 Å². The molecule has 0 atom stereocenters. The van der Waals surface area contributed by atoms with Crippen molar-refractivity contribution in [1.29, 1.82) is 0 Å². The summed E-state index contributed by atoms with van der Waals surface area (Å²) >= 11 is 0. The Kier molecular flexibility index (Phi) is 7.10. The van der Waals surface area contributed by atoms with E-state index in [4.69, 9.17) is 0 Å². The third-order valence-corrected chi connectivity index (χ3v) is 7.15. The van der Waals surface area contributed by atoms with Gasteiger partial charge in [-0.3, -0.25) is 9.11 Å². The minimum atomic E-state index is -3.56. The number of hydrogen-bond acceptors (Lipinski definition) is 9. The molecule has 6 N–H and O–H groups in total. The van der Waals surface area contributed by atoms with Crippen LogP contribution in [0.2, 0.25) is 0 Å². The molecule has 0 spiro atoms. The fourth-order valence-corrected chi connectivity index (χ4v) is 4.59. The van der Waals surface area contributed by atoms with Gasteiger partial charge in [0.2, 0.25) is 10.0 Å². The van der Waals surface area contributed by atoms with Gasteiger partial charge in [-0.05, 0) is 43.4 Å². The molecule has 1 aromatic heterocycles. The Bertz CT molecular complexity index is 1160. The van der Waals surface area contributed by atoms with Crippen molar-refractivity contribution in [3.63, 3.8) is 0 Å². The van der Waals surface area contributed by atoms with Gasteiger partial charge in [-0.2, -0.15) is 0 Å². The molecule has 0 aliphatic heterocycles. The summed E-state index contributed by atoms with van der Waals surface area (Å²) in [7, 11) is -5.29. The fourth-order valence-electron chi connectivity index (χ4n) is 2.68. The van der Waals surface area contributed by atoms with Gasteiger partial charge in [0.25, 0.3) is 0 Å². The summed E-state index contributed by atoms with van der Waals surface area (Å²) in [5.41, 5.74) is 1.16. The molecule has 166 valence electrons. The summed E-state index contributed by atoms with van der Waals surface area (Å²) in [5.74, 6) is 0.915. The van der Waals surface area contributed by atoms with Crippen molar-refractivity contribution < 1.29 is 17.5 Å². The third-order valence-electron chi connectivity index (χ3n) is 4.13. The van der Waals surface area contributed by atoms with Crippen LogP contribution in [0.5, 0.6) is 0 Å². The lowest BCUT2D eigenvalue weighted by atomic mass is 10.3. The Labute approximate surface area is 182 Å². The smallest absolute Gasteiger partial charge is 0.240 e. The molecule has 12 heteroatoms. The van der Waals surface area contributed by atoms with Crippen molar-refractivity contribution in [3.8, 4) is 0 Å². The summed E-state index contributed by atoms with van der Waals surface area (Å²) in [6.45, 7) is 2.20. The molecule has 0 amide bonds. The highest BCUT2D eigenvalue weighted by Crippen LogP contribution is 2.44. The normalized spacial score (nSPS) is 12.4. The van der Waals surface area contributed by atoms with Crippen LogP contribution in [0, 0.1) is 0 Å². The zero-order valence-corrected chi connectivity index (χ0v) is 18.5. The molecule has 0 saturated carbocycles. The maximum absolute atomic E-state index is 12.0. The van der Waals surface area contributed by atoms with E-state index in [-0.39, 0.29) is 4.90 Å². The molecule has 2 aromatic carbocycles. The first-order valence-corrected chi connectivity index (χ1v) is 12.3. The van der Waals surface area contributed by atoms with Crippen LogP contribution in [0.25, 0.3) is 0 Å². The quantitative estimate of drug-likeness (QED) is 0.280. The first-order valence-electron chi connectivity index (χ1n) is 9.26. The molecule has 3 rings (SSSR count). The van der Waals surface area contributed by atoms with E-state index >= 15 is 0 Å². The van der Waals surface area contributed by atoms with Crippen molar-refractivity contribution in [2.45, 2.75) is 16.7 Å². The van der Waals surface area contributed by atoms with Crippen LogP contribution in [0.4, 0.5) is 23.0 Å². The van der Waals surface area contributed by atoms with E-state index in [1.165, 1.54) is 25.5 Å². The van der Waals surface area contributed by atoms with Crippen molar-refractivity contribution >= 4 is 43.8 Å². The first kappa shape index (κ1) is 22.9. The van der Waals surface area contributed by atoms with Gasteiger partial charge in [-0.25, -0.2) is 27.8 Å². The highest BCUT2D eigenvalue weighted by molar-refractivity contribution is 8.22. The second-order valence-electron chi connectivity index (χ2n) is 6.35. The SMILES string of the molecule is CCNS(O)(O)c1cccc(Nc2cc(Nc3cccc(S(=O)(=O)NC)c3)ncn2)c1. The Morgan fingerprint density at radius 3 is 1.97 bits per heavy atom. The number of nitrogens with zero attached hydrogens (tertiary/aromatic N) is 2. The van der Waals surface area contributed by atoms with E-state index in [2.05, 4.69) is 30.0 Å². The number of hydrogen-bond donors (Lipinski definition) is 6. The molecule has 1 heterocycles. The number of benzene rings is 2. The minimum absolute atomic E-state index is 0.129. The van der Waals surface area contributed by atoms with Crippen molar-refractivity contribution in [2.24, 2.45) is 0 Å². The zero-order valence-electron chi connectivity index (χ0n) is 16.9. The molecular formula is C19H24N6O4S2. The Hall–Kier alpha value is -2.74. The summed E-state index contributed by atoms with van der Waals surface area (Å²) < 4.78 is 49.3.